The maximum atomic E-state index is 4.29. The maximum absolute atomic E-state index is 4.29. The highest BCUT2D eigenvalue weighted by atomic mass is 15.1. The summed E-state index contributed by atoms with van der Waals surface area (Å²) in [5.41, 5.74) is 2.32. The van der Waals surface area contributed by atoms with Crippen molar-refractivity contribution >= 4 is 11.4 Å². The van der Waals surface area contributed by atoms with Gasteiger partial charge in [0.15, 0.2) is 0 Å². The van der Waals surface area contributed by atoms with Crippen LogP contribution in [0.25, 0.3) is 0 Å². The Bertz CT molecular complexity index is 304. The van der Waals surface area contributed by atoms with Gasteiger partial charge in [-0.2, -0.15) is 0 Å². The normalized spacial score (nSPS) is 10.3. The highest BCUT2D eigenvalue weighted by molar-refractivity contribution is 5.55. The van der Waals surface area contributed by atoms with E-state index in [4.69, 9.17) is 0 Å². The summed E-state index contributed by atoms with van der Waals surface area (Å²) in [6.45, 7) is 6.73. The lowest BCUT2D eigenvalue weighted by Gasteiger charge is -2.24. The van der Waals surface area contributed by atoms with Gasteiger partial charge >= 0.3 is 0 Å². The van der Waals surface area contributed by atoms with E-state index < -0.39 is 0 Å². The third kappa shape index (κ3) is 4.63. The molecule has 1 heterocycles. The Labute approximate surface area is 105 Å². The van der Waals surface area contributed by atoms with E-state index >= 15 is 0 Å². The van der Waals surface area contributed by atoms with Crippen molar-refractivity contribution in [1.82, 2.24) is 4.98 Å². The van der Waals surface area contributed by atoms with Crippen LogP contribution in [-0.2, 0) is 0 Å². The van der Waals surface area contributed by atoms with Crippen LogP contribution in [0, 0.1) is 0 Å². The Kier molecular flexibility index (Phi) is 6.45. The number of rotatable bonds is 8. The zero-order chi connectivity index (χ0) is 12.5. The number of pyridine rings is 1. The lowest BCUT2D eigenvalue weighted by Crippen LogP contribution is -2.25. The smallest absolute Gasteiger partial charge is 0.0573 e. The maximum Gasteiger partial charge on any atom is 0.0573 e. The topological polar surface area (TPSA) is 28.2 Å². The van der Waals surface area contributed by atoms with Crippen molar-refractivity contribution in [2.45, 2.75) is 39.5 Å². The predicted molar refractivity (Wildman–Crippen MR) is 75.8 cm³/mol. The third-order valence-electron chi connectivity index (χ3n) is 2.94. The molecule has 0 atom stereocenters. The lowest BCUT2D eigenvalue weighted by molar-refractivity contribution is 0.677. The van der Waals surface area contributed by atoms with Crippen molar-refractivity contribution in [3.63, 3.8) is 0 Å². The highest BCUT2D eigenvalue weighted by Gasteiger charge is 2.06. The van der Waals surface area contributed by atoms with Crippen LogP contribution in [0.15, 0.2) is 18.5 Å². The van der Waals surface area contributed by atoms with Gasteiger partial charge in [0, 0.05) is 20.1 Å². The van der Waals surface area contributed by atoms with Gasteiger partial charge in [0.05, 0.1) is 23.8 Å². The first-order valence-electron chi connectivity index (χ1n) is 6.69. The number of anilines is 2. The van der Waals surface area contributed by atoms with Gasteiger partial charge in [0.2, 0.25) is 0 Å². The van der Waals surface area contributed by atoms with Gasteiger partial charge in [0.1, 0.15) is 0 Å². The molecule has 0 unspecified atom stereocenters. The van der Waals surface area contributed by atoms with Crippen LogP contribution in [0.2, 0.25) is 0 Å². The van der Waals surface area contributed by atoms with E-state index in [1.165, 1.54) is 31.4 Å². The molecule has 96 valence electrons. The molecule has 17 heavy (non-hydrogen) atoms. The fourth-order valence-corrected chi connectivity index (χ4v) is 1.81. The number of unbranched alkanes of at least 4 members (excludes halogenated alkanes) is 2. The molecule has 1 aromatic heterocycles. The molecule has 0 aliphatic carbocycles. The monoisotopic (exact) mass is 235 g/mol. The van der Waals surface area contributed by atoms with E-state index in [-0.39, 0.29) is 0 Å². The molecule has 0 radical (unpaired) electrons. The Morgan fingerprint density at radius 3 is 2.29 bits per heavy atom. The predicted octanol–water partition coefficient (Wildman–Crippen LogP) is 3.53. The van der Waals surface area contributed by atoms with Gasteiger partial charge in [-0.3, -0.25) is 4.98 Å². The van der Waals surface area contributed by atoms with Gasteiger partial charge in [-0.15, -0.1) is 0 Å². The zero-order valence-electron chi connectivity index (χ0n) is 11.4. The molecule has 1 aromatic rings. The van der Waals surface area contributed by atoms with Crippen molar-refractivity contribution in [1.29, 1.82) is 0 Å². The minimum Gasteiger partial charge on any atom is -0.387 e. The fourth-order valence-electron chi connectivity index (χ4n) is 1.81. The second-order valence-electron chi connectivity index (χ2n) is 4.38. The van der Waals surface area contributed by atoms with E-state index in [0.29, 0.717) is 0 Å². The van der Waals surface area contributed by atoms with E-state index in [2.05, 4.69) is 35.1 Å². The van der Waals surface area contributed by atoms with Crippen molar-refractivity contribution in [3.8, 4) is 0 Å². The number of hydrogen-bond donors (Lipinski definition) is 1. The molecule has 0 spiro atoms. The van der Waals surface area contributed by atoms with E-state index in [9.17, 15) is 0 Å². The number of nitrogens with one attached hydrogen (secondary N) is 1. The summed E-state index contributed by atoms with van der Waals surface area (Å²) < 4.78 is 0. The summed E-state index contributed by atoms with van der Waals surface area (Å²) in [5.74, 6) is 0. The summed E-state index contributed by atoms with van der Waals surface area (Å²) >= 11 is 0. The summed E-state index contributed by atoms with van der Waals surface area (Å²) in [6, 6.07) is 2.18. The summed E-state index contributed by atoms with van der Waals surface area (Å²) in [5, 5.41) is 3.15. The van der Waals surface area contributed by atoms with E-state index in [0.717, 1.165) is 18.8 Å². The molecule has 0 aliphatic heterocycles. The highest BCUT2D eigenvalue weighted by Crippen LogP contribution is 2.18. The standard InChI is InChI=1S/C14H25N3/c1-4-6-8-17(9-7-5-2)14-10-13(15-3)11-16-12-14/h10-12,15H,4-9H2,1-3H3. The molecule has 3 heteroatoms. The van der Waals surface area contributed by atoms with Crippen molar-refractivity contribution in [2.75, 3.05) is 30.4 Å². The molecule has 3 nitrogen and oxygen atoms in total. The molecule has 0 saturated heterocycles. The minimum absolute atomic E-state index is 1.08. The average Bonchev–Trinajstić information content (AvgIpc) is 2.39. The molecule has 0 fully saturated rings. The molecule has 0 amide bonds. The molecular formula is C14H25N3. The summed E-state index contributed by atoms with van der Waals surface area (Å²) in [6.07, 6.45) is 8.79. The van der Waals surface area contributed by atoms with Crippen LogP contribution in [0.1, 0.15) is 39.5 Å². The molecule has 0 aromatic carbocycles. The Morgan fingerprint density at radius 1 is 1.12 bits per heavy atom. The molecular weight excluding hydrogens is 210 g/mol. The average molecular weight is 235 g/mol. The Morgan fingerprint density at radius 2 is 1.76 bits per heavy atom. The molecule has 0 saturated carbocycles. The quantitative estimate of drug-likeness (QED) is 0.747. The SMILES string of the molecule is CCCCN(CCCC)c1cncc(NC)c1. The number of aromatic nitrogens is 1. The third-order valence-corrected chi connectivity index (χ3v) is 2.94. The summed E-state index contributed by atoms with van der Waals surface area (Å²) in [7, 11) is 1.93. The number of hydrogen-bond acceptors (Lipinski definition) is 3. The largest absolute Gasteiger partial charge is 0.387 e. The lowest BCUT2D eigenvalue weighted by atomic mass is 10.2. The first-order chi connectivity index (χ1) is 8.31. The number of nitrogens with zero attached hydrogens (tertiary/aromatic N) is 2. The van der Waals surface area contributed by atoms with Gasteiger partial charge < -0.3 is 10.2 Å². The van der Waals surface area contributed by atoms with Crippen LogP contribution in [0.3, 0.4) is 0 Å². The van der Waals surface area contributed by atoms with Crippen molar-refractivity contribution in [2.24, 2.45) is 0 Å². The molecule has 0 aliphatic rings. The molecule has 0 bridgehead atoms. The summed E-state index contributed by atoms with van der Waals surface area (Å²) in [4.78, 5) is 6.73. The van der Waals surface area contributed by atoms with Crippen LogP contribution in [0.5, 0.6) is 0 Å². The van der Waals surface area contributed by atoms with Crippen LogP contribution in [0.4, 0.5) is 11.4 Å². The Balaban J connectivity index is 2.71. The van der Waals surface area contributed by atoms with E-state index in [1.54, 1.807) is 0 Å². The van der Waals surface area contributed by atoms with Gasteiger partial charge in [-0.25, -0.2) is 0 Å². The molecule has 1 N–H and O–H groups in total. The second-order valence-corrected chi connectivity index (χ2v) is 4.38. The van der Waals surface area contributed by atoms with Crippen molar-refractivity contribution < 1.29 is 0 Å². The van der Waals surface area contributed by atoms with E-state index in [1.807, 2.05) is 19.4 Å². The van der Waals surface area contributed by atoms with Crippen LogP contribution in [-0.4, -0.2) is 25.1 Å². The van der Waals surface area contributed by atoms with Gasteiger partial charge in [-0.05, 0) is 18.9 Å². The van der Waals surface area contributed by atoms with Gasteiger partial charge in [-0.1, -0.05) is 26.7 Å². The van der Waals surface area contributed by atoms with Gasteiger partial charge in [0.25, 0.3) is 0 Å². The van der Waals surface area contributed by atoms with Crippen LogP contribution >= 0.6 is 0 Å². The Hall–Kier alpha value is -1.25. The van der Waals surface area contributed by atoms with Crippen LogP contribution < -0.4 is 10.2 Å². The fraction of sp³-hybridized carbons (Fsp3) is 0.643. The second kappa shape index (κ2) is 7.93. The minimum atomic E-state index is 1.08. The molecule has 1 rings (SSSR count). The zero-order valence-corrected chi connectivity index (χ0v) is 11.4. The first kappa shape index (κ1) is 13.8. The first-order valence-corrected chi connectivity index (χ1v) is 6.69. The van der Waals surface area contributed by atoms with Crippen molar-refractivity contribution in [3.05, 3.63) is 18.5 Å².